The van der Waals surface area contributed by atoms with Crippen molar-refractivity contribution >= 4 is 17.6 Å². The van der Waals surface area contributed by atoms with E-state index in [1.165, 1.54) is 16.0 Å². The van der Waals surface area contributed by atoms with Gasteiger partial charge in [0.2, 0.25) is 0 Å². The van der Waals surface area contributed by atoms with Crippen LogP contribution in [0.1, 0.15) is 11.1 Å². The van der Waals surface area contributed by atoms with Gasteiger partial charge in [0, 0.05) is 22.3 Å². The summed E-state index contributed by atoms with van der Waals surface area (Å²) in [6, 6.07) is 18.8. The second-order valence-corrected chi connectivity index (χ2v) is 6.00. The van der Waals surface area contributed by atoms with Crippen LogP contribution in [0, 0.1) is 6.92 Å². The number of aromatic amines is 1. The molecule has 0 saturated heterocycles. The van der Waals surface area contributed by atoms with Gasteiger partial charge in [-0.3, -0.25) is 5.10 Å². The van der Waals surface area contributed by atoms with Crippen molar-refractivity contribution < 1.29 is 0 Å². The minimum atomic E-state index is 0.519. The predicted octanol–water partition coefficient (Wildman–Crippen LogP) is 4.26. The van der Waals surface area contributed by atoms with Gasteiger partial charge in [-0.15, -0.1) is 11.8 Å². The van der Waals surface area contributed by atoms with Crippen LogP contribution in [0.25, 0.3) is 11.3 Å². The van der Waals surface area contributed by atoms with Gasteiger partial charge in [-0.1, -0.05) is 42.0 Å². The number of hydrogen-bond acceptors (Lipinski definition) is 3. The summed E-state index contributed by atoms with van der Waals surface area (Å²) in [6.07, 6.45) is 0. The first-order valence-corrected chi connectivity index (χ1v) is 7.79. The lowest BCUT2D eigenvalue weighted by Gasteiger charge is -2.09. The third kappa shape index (κ3) is 3.28. The molecule has 0 bridgehead atoms. The summed E-state index contributed by atoms with van der Waals surface area (Å²) in [5.74, 6) is 1.46. The van der Waals surface area contributed by atoms with E-state index in [9.17, 15) is 0 Å². The third-order valence-electron chi connectivity index (χ3n) is 3.26. The number of aryl methyl sites for hydroxylation is 1. The zero-order valence-electron chi connectivity index (χ0n) is 11.8. The van der Waals surface area contributed by atoms with E-state index < -0.39 is 0 Å². The Morgan fingerprint density at radius 3 is 2.62 bits per heavy atom. The number of hydrogen-bond donors (Lipinski definition) is 2. The topological polar surface area (TPSA) is 54.7 Å². The third-order valence-corrected chi connectivity index (χ3v) is 4.40. The maximum Gasteiger partial charge on any atom is 0.145 e. The van der Waals surface area contributed by atoms with Crippen molar-refractivity contribution in [3.8, 4) is 11.3 Å². The van der Waals surface area contributed by atoms with Crippen molar-refractivity contribution in [2.45, 2.75) is 17.6 Å². The number of rotatable bonds is 4. The number of nitrogens with one attached hydrogen (secondary N) is 1. The fourth-order valence-corrected chi connectivity index (χ4v) is 3.19. The van der Waals surface area contributed by atoms with Crippen LogP contribution in [0.4, 0.5) is 5.82 Å². The zero-order chi connectivity index (χ0) is 14.7. The number of benzene rings is 2. The Labute approximate surface area is 128 Å². The van der Waals surface area contributed by atoms with E-state index in [4.69, 9.17) is 5.73 Å². The maximum absolute atomic E-state index is 5.72. The molecule has 0 aliphatic rings. The van der Waals surface area contributed by atoms with E-state index in [1.807, 2.05) is 23.9 Å². The highest BCUT2D eigenvalue weighted by Crippen LogP contribution is 2.33. The number of nitrogens with two attached hydrogens (primary N) is 1. The molecule has 21 heavy (non-hydrogen) atoms. The average molecular weight is 295 g/mol. The molecule has 0 fully saturated rings. The minimum Gasteiger partial charge on any atom is -0.382 e. The molecular weight excluding hydrogens is 278 g/mol. The van der Waals surface area contributed by atoms with Crippen molar-refractivity contribution in [2.75, 3.05) is 5.73 Å². The summed E-state index contributed by atoms with van der Waals surface area (Å²) in [5.41, 5.74) is 10.4. The lowest BCUT2D eigenvalue weighted by atomic mass is 10.1. The first-order valence-electron chi connectivity index (χ1n) is 6.81. The van der Waals surface area contributed by atoms with Crippen molar-refractivity contribution in [3.05, 3.63) is 65.7 Å². The molecule has 3 N–H and O–H groups in total. The molecule has 1 heterocycles. The van der Waals surface area contributed by atoms with Gasteiger partial charge in [0.05, 0.1) is 5.69 Å². The fraction of sp³-hybridized carbons (Fsp3) is 0.118. The van der Waals surface area contributed by atoms with Gasteiger partial charge in [0.15, 0.2) is 0 Å². The van der Waals surface area contributed by atoms with Crippen LogP contribution in [0.15, 0.2) is 59.5 Å². The van der Waals surface area contributed by atoms with E-state index >= 15 is 0 Å². The van der Waals surface area contributed by atoms with Crippen LogP contribution in [-0.4, -0.2) is 10.2 Å². The maximum atomic E-state index is 5.72. The monoisotopic (exact) mass is 295 g/mol. The van der Waals surface area contributed by atoms with Gasteiger partial charge in [0.25, 0.3) is 0 Å². The second kappa shape index (κ2) is 6.06. The quantitative estimate of drug-likeness (QED) is 0.707. The first kappa shape index (κ1) is 13.8. The summed E-state index contributed by atoms with van der Waals surface area (Å²) in [4.78, 5) is 1.23. The lowest BCUT2D eigenvalue weighted by molar-refractivity contribution is 1.10. The summed E-state index contributed by atoms with van der Waals surface area (Å²) >= 11 is 1.82. The molecule has 0 amide bonds. The smallest absolute Gasteiger partial charge is 0.145 e. The molecule has 3 aromatic rings. The molecule has 2 aromatic carbocycles. The molecule has 0 unspecified atom stereocenters. The molecule has 0 spiro atoms. The number of nitrogen functional groups attached to an aromatic ring is 1. The van der Waals surface area contributed by atoms with Crippen molar-refractivity contribution in [1.29, 1.82) is 0 Å². The van der Waals surface area contributed by atoms with Crippen molar-refractivity contribution in [1.82, 2.24) is 10.2 Å². The SMILES string of the molecule is Cc1ccc(SCc2ccccc2)c(-c2cc(N)n[nH]2)c1. The van der Waals surface area contributed by atoms with Gasteiger partial charge >= 0.3 is 0 Å². The molecular formula is C17H17N3S. The van der Waals surface area contributed by atoms with Gasteiger partial charge in [-0.25, -0.2) is 0 Å². The first-order chi connectivity index (χ1) is 10.2. The van der Waals surface area contributed by atoms with Crippen LogP contribution in [0.2, 0.25) is 0 Å². The highest BCUT2D eigenvalue weighted by atomic mass is 32.2. The molecule has 1 aromatic heterocycles. The molecule has 0 atom stereocenters. The van der Waals surface area contributed by atoms with E-state index in [1.54, 1.807) is 0 Å². The van der Waals surface area contributed by atoms with Crippen molar-refractivity contribution in [3.63, 3.8) is 0 Å². The number of anilines is 1. The molecule has 3 nitrogen and oxygen atoms in total. The molecule has 0 aliphatic carbocycles. The van der Waals surface area contributed by atoms with Gasteiger partial charge in [0.1, 0.15) is 5.82 Å². The Bertz CT molecular complexity index is 735. The van der Waals surface area contributed by atoms with E-state index in [0.29, 0.717) is 5.82 Å². The molecule has 4 heteroatoms. The Kier molecular flexibility index (Phi) is 3.97. The fourth-order valence-electron chi connectivity index (χ4n) is 2.19. The highest BCUT2D eigenvalue weighted by molar-refractivity contribution is 7.98. The minimum absolute atomic E-state index is 0.519. The molecule has 3 rings (SSSR count). The van der Waals surface area contributed by atoms with Gasteiger partial charge < -0.3 is 5.73 Å². The average Bonchev–Trinajstić information content (AvgIpc) is 2.93. The summed E-state index contributed by atoms with van der Waals surface area (Å²) in [7, 11) is 0. The molecule has 0 radical (unpaired) electrons. The Balaban J connectivity index is 1.88. The van der Waals surface area contributed by atoms with Crippen LogP contribution < -0.4 is 5.73 Å². The molecule has 0 saturated carbocycles. The van der Waals surface area contributed by atoms with Gasteiger partial charge in [-0.05, 0) is 24.6 Å². The summed E-state index contributed by atoms with van der Waals surface area (Å²) in [6.45, 7) is 2.09. The van der Waals surface area contributed by atoms with Gasteiger partial charge in [-0.2, -0.15) is 5.10 Å². The predicted molar refractivity (Wildman–Crippen MR) is 89.2 cm³/mol. The Morgan fingerprint density at radius 2 is 1.90 bits per heavy atom. The van der Waals surface area contributed by atoms with Crippen LogP contribution >= 0.6 is 11.8 Å². The van der Waals surface area contributed by atoms with E-state index in [-0.39, 0.29) is 0 Å². The standard InChI is InChI=1S/C17H17N3S/c1-12-7-8-16(21-11-13-5-3-2-4-6-13)14(9-12)15-10-17(18)20-19-15/h2-10H,11H2,1H3,(H3,18,19,20). The summed E-state index contributed by atoms with van der Waals surface area (Å²) < 4.78 is 0. The number of H-pyrrole nitrogens is 1. The number of aromatic nitrogens is 2. The zero-order valence-corrected chi connectivity index (χ0v) is 12.7. The van der Waals surface area contributed by atoms with E-state index in [0.717, 1.165) is 17.0 Å². The van der Waals surface area contributed by atoms with Crippen LogP contribution in [0.5, 0.6) is 0 Å². The largest absolute Gasteiger partial charge is 0.382 e. The van der Waals surface area contributed by atoms with E-state index in [2.05, 4.69) is 59.6 Å². The lowest BCUT2D eigenvalue weighted by Crippen LogP contribution is -1.86. The highest BCUT2D eigenvalue weighted by Gasteiger charge is 2.09. The Hall–Kier alpha value is -2.20. The normalized spacial score (nSPS) is 10.7. The Morgan fingerprint density at radius 1 is 1.10 bits per heavy atom. The second-order valence-electron chi connectivity index (χ2n) is 4.98. The molecule has 106 valence electrons. The summed E-state index contributed by atoms with van der Waals surface area (Å²) in [5, 5.41) is 7.02. The van der Waals surface area contributed by atoms with Crippen LogP contribution in [0.3, 0.4) is 0 Å². The number of thioether (sulfide) groups is 1. The number of nitrogens with zero attached hydrogens (tertiary/aromatic N) is 1. The van der Waals surface area contributed by atoms with Crippen LogP contribution in [-0.2, 0) is 5.75 Å². The molecule has 0 aliphatic heterocycles. The van der Waals surface area contributed by atoms with Crippen molar-refractivity contribution in [2.24, 2.45) is 0 Å².